The zero-order valence-corrected chi connectivity index (χ0v) is 7.34. The molecule has 2 atom stereocenters. The normalized spacial score (nSPS) is 17.8. The highest BCUT2D eigenvalue weighted by atomic mass is 32.2. The second-order valence-corrected chi connectivity index (χ2v) is 4.17. The molecule has 0 radical (unpaired) electrons. The van der Waals surface area contributed by atoms with Gasteiger partial charge in [-0.05, 0) is 6.92 Å². The van der Waals surface area contributed by atoms with Crippen molar-refractivity contribution in [2.45, 2.75) is 24.8 Å². The van der Waals surface area contributed by atoms with Crippen LogP contribution in [0.15, 0.2) is 0 Å². The lowest BCUT2D eigenvalue weighted by atomic mass is 10.3. The van der Waals surface area contributed by atoms with Crippen molar-refractivity contribution in [3.63, 3.8) is 0 Å². The molecule has 5 nitrogen and oxygen atoms in total. The molecule has 3 N–H and O–H groups in total. The van der Waals surface area contributed by atoms with Crippen LogP contribution in [0.25, 0.3) is 0 Å². The number of rotatable bonds is 4. The standard InChI is InChI=1S/C5H13NO4S/c1-4(11(7,8)9)3-5(6)10-2/h4-5H,3,6H2,1-2H3,(H,7,8,9). The number of hydrogen-bond donors (Lipinski definition) is 2. The molecule has 0 fully saturated rings. The third kappa shape index (κ3) is 4.31. The summed E-state index contributed by atoms with van der Waals surface area (Å²) in [5, 5.41) is -0.877. The summed E-state index contributed by atoms with van der Waals surface area (Å²) in [6, 6.07) is 0. The monoisotopic (exact) mass is 183 g/mol. The van der Waals surface area contributed by atoms with E-state index in [2.05, 4.69) is 4.74 Å². The Morgan fingerprint density at radius 3 is 2.36 bits per heavy atom. The molecular weight excluding hydrogens is 170 g/mol. The maximum Gasteiger partial charge on any atom is 0.267 e. The lowest BCUT2D eigenvalue weighted by Crippen LogP contribution is -2.30. The quantitative estimate of drug-likeness (QED) is 0.456. The number of nitrogens with two attached hydrogens (primary N) is 1. The van der Waals surface area contributed by atoms with Crippen molar-refractivity contribution in [1.82, 2.24) is 0 Å². The molecule has 2 unspecified atom stereocenters. The number of ether oxygens (including phenoxy) is 1. The Morgan fingerprint density at radius 2 is 2.09 bits per heavy atom. The number of methoxy groups -OCH3 is 1. The van der Waals surface area contributed by atoms with E-state index in [9.17, 15) is 8.42 Å². The molecule has 11 heavy (non-hydrogen) atoms. The van der Waals surface area contributed by atoms with Gasteiger partial charge >= 0.3 is 0 Å². The van der Waals surface area contributed by atoms with Crippen molar-refractivity contribution in [2.24, 2.45) is 5.73 Å². The summed E-state index contributed by atoms with van der Waals surface area (Å²) in [5.74, 6) is 0. The van der Waals surface area contributed by atoms with E-state index in [0.29, 0.717) is 0 Å². The highest BCUT2D eigenvalue weighted by molar-refractivity contribution is 7.86. The van der Waals surface area contributed by atoms with Gasteiger partial charge in [0.2, 0.25) is 0 Å². The minimum atomic E-state index is -3.97. The van der Waals surface area contributed by atoms with Gasteiger partial charge in [-0.1, -0.05) is 0 Å². The Kier molecular flexibility index (Phi) is 3.95. The Labute approximate surface area is 66.3 Å². The van der Waals surface area contributed by atoms with E-state index >= 15 is 0 Å². The lowest BCUT2D eigenvalue weighted by Gasteiger charge is -2.12. The van der Waals surface area contributed by atoms with Gasteiger partial charge in [0.15, 0.2) is 0 Å². The van der Waals surface area contributed by atoms with Crippen LogP contribution in [-0.4, -0.2) is 31.6 Å². The molecular formula is C5H13NO4S. The van der Waals surface area contributed by atoms with E-state index in [1.165, 1.54) is 14.0 Å². The summed E-state index contributed by atoms with van der Waals surface area (Å²) in [6.07, 6.45) is -0.554. The molecule has 0 aliphatic carbocycles. The molecule has 0 rings (SSSR count). The van der Waals surface area contributed by atoms with Crippen LogP contribution in [0.1, 0.15) is 13.3 Å². The predicted molar refractivity (Wildman–Crippen MR) is 40.6 cm³/mol. The van der Waals surface area contributed by atoms with E-state index in [1.54, 1.807) is 0 Å². The van der Waals surface area contributed by atoms with Crippen molar-refractivity contribution >= 4 is 10.1 Å². The third-order valence-corrected chi connectivity index (χ3v) is 2.58. The highest BCUT2D eigenvalue weighted by Crippen LogP contribution is 2.05. The van der Waals surface area contributed by atoms with Crippen molar-refractivity contribution in [2.75, 3.05) is 7.11 Å². The molecule has 0 aliphatic rings. The van der Waals surface area contributed by atoms with E-state index in [4.69, 9.17) is 10.3 Å². The van der Waals surface area contributed by atoms with Crippen molar-refractivity contribution in [3.8, 4) is 0 Å². The second-order valence-electron chi connectivity index (χ2n) is 2.34. The van der Waals surface area contributed by atoms with Crippen LogP contribution in [-0.2, 0) is 14.9 Å². The maximum atomic E-state index is 10.4. The van der Waals surface area contributed by atoms with Gasteiger partial charge in [0.05, 0.1) is 5.25 Å². The van der Waals surface area contributed by atoms with Gasteiger partial charge in [0.25, 0.3) is 10.1 Å². The molecule has 68 valence electrons. The fourth-order valence-corrected chi connectivity index (χ4v) is 0.978. The van der Waals surface area contributed by atoms with Crippen LogP contribution in [0.3, 0.4) is 0 Å². The third-order valence-electron chi connectivity index (χ3n) is 1.38. The van der Waals surface area contributed by atoms with Crippen LogP contribution in [0, 0.1) is 0 Å². The van der Waals surface area contributed by atoms with Crippen LogP contribution < -0.4 is 5.73 Å². The van der Waals surface area contributed by atoms with Crippen molar-refractivity contribution in [1.29, 1.82) is 0 Å². The van der Waals surface area contributed by atoms with E-state index in [1.807, 2.05) is 0 Å². The molecule has 6 heteroatoms. The van der Waals surface area contributed by atoms with Gasteiger partial charge in [0.1, 0.15) is 6.23 Å². The molecule has 0 aromatic rings. The summed E-state index contributed by atoms with van der Waals surface area (Å²) in [6.45, 7) is 1.37. The van der Waals surface area contributed by atoms with E-state index in [-0.39, 0.29) is 6.42 Å². The Hall–Kier alpha value is -0.170. The Bertz CT molecular complexity index is 201. The van der Waals surface area contributed by atoms with Gasteiger partial charge in [-0.15, -0.1) is 0 Å². The van der Waals surface area contributed by atoms with Crippen LogP contribution in [0.4, 0.5) is 0 Å². The molecule has 0 saturated carbocycles. The molecule has 0 amide bonds. The molecule has 0 aliphatic heterocycles. The highest BCUT2D eigenvalue weighted by Gasteiger charge is 2.19. The van der Waals surface area contributed by atoms with Crippen molar-refractivity contribution < 1.29 is 17.7 Å². The molecule has 0 aromatic carbocycles. The topological polar surface area (TPSA) is 89.6 Å². The smallest absolute Gasteiger partial charge is 0.267 e. The number of hydrogen-bond acceptors (Lipinski definition) is 4. The zero-order valence-electron chi connectivity index (χ0n) is 6.52. The van der Waals surface area contributed by atoms with Gasteiger partial charge in [-0.25, -0.2) is 0 Å². The van der Waals surface area contributed by atoms with Crippen LogP contribution in [0.5, 0.6) is 0 Å². The van der Waals surface area contributed by atoms with E-state index in [0.717, 1.165) is 0 Å². The van der Waals surface area contributed by atoms with Gasteiger partial charge in [-0.2, -0.15) is 8.42 Å². The Balaban J connectivity index is 3.98. The fraction of sp³-hybridized carbons (Fsp3) is 1.00. The molecule has 0 aromatic heterocycles. The fourth-order valence-electron chi connectivity index (χ4n) is 0.545. The second kappa shape index (κ2) is 4.01. The molecule has 0 saturated heterocycles. The summed E-state index contributed by atoms with van der Waals surface area (Å²) >= 11 is 0. The summed E-state index contributed by atoms with van der Waals surface area (Å²) < 4.78 is 34.0. The predicted octanol–water partition coefficient (Wildman–Crippen LogP) is -0.416. The molecule has 0 bridgehead atoms. The SMILES string of the molecule is COC(N)CC(C)S(=O)(=O)O. The van der Waals surface area contributed by atoms with E-state index < -0.39 is 21.6 Å². The largest absolute Gasteiger partial charge is 0.367 e. The van der Waals surface area contributed by atoms with Crippen LogP contribution >= 0.6 is 0 Å². The average Bonchev–Trinajstić information content (AvgIpc) is 1.85. The molecule has 0 heterocycles. The summed E-state index contributed by atoms with van der Waals surface area (Å²) in [7, 11) is -2.59. The molecule has 0 spiro atoms. The minimum Gasteiger partial charge on any atom is -0.367 e. The van der Waals surface area contributed by atoms with Gasteiger partial charge in [0, 0.05) is 13.5 Å². The summed E-state index contributed by atoms with van der Waals surface area (Å²) in [5.41, 5.74) is 5.27. The minimum absolute atomic E-state index is 0.0926. The maximum absolute atomic E-state index is 10.4. The first kappa shape index (κ1) is 10.8. The first-order valence-corrected chi connectivity index (χ1v) is 4.63. The lowest BCUT2D eigenvalue weighted by molar-refractivity contribution is 0.100. The summed E-state index contributed by atoms with van der Waals surface area (Å²) in [4.78, 5) is 0. The first-order chi connectivity index (χ1) is 4.88. The first-order valence-electron chi connectivity index (χ1n) is 3.12. The zero-order chi connectivity index (χ0) is 9.07. The van der Waals surface area contributed by atoms with Gasteiger partial charge in [-0.3, -0.25) is 4.55 Å². The van der Waals surface area contributed by atoms with Crippen LogP contribution in [0.2, 0.25) is 0 Å². The Morgan fingerprint density at radius 1 is 1.64 bits per heavy atom. The van der Waals surface area contributed by atoms with Crippen molar-refractivity contribution in [3.05, 3.63) is 0 Å². The van der Waals surface area contributed by atoms with Gasteiger partial charge < -0.3 is 10.5 Å². The average molecular weight is 183 g/mol.